The van der Waals surface area contributed by atoms with E-state index in [9.17, 15) is 9.59 Å². The second kappa shape index (κ2) is 8.41. The van der Waals surface area contributed by atoms with Crippen molar-refractivity contribution in [3.8, 4) is 0 Å². The van der Waals surface area contributed by atoms with Gasteiger partial charge in [0, 0.05) is 17.3 Å². The molecule has 1 saturated heterocycles. The minimum Gasteiger partial charge on any atom is -0.444 e. The summed E-state index contributed by atoms with van der Waals surface area (Å²) in [5, 5.41) is 6.20. The smallest absolute Gasteiger partial charge is 0.411 e. The second-order valence-electron chi connectivity index (χ2n) is 6.76. The van der Waals surface area contributed by atoms with Gasteiger partial charge in [-0.05, 0) is 42.3 Å². The quantitative estimate of drug-likeness (QED) is 0.790. The van der Waals surface area contributed by atoms with Crippen molar-refractivity contribution in [1.29, 1.82) is 0 Å². The van der Waals surface area contributed by atoms with E-state index in [2.05, 4.69) is 10.6 Å². The van der Waals surface area contributed by atoms with Gasteiger partial charge < -0.3 is 14.8 Å². The standard InChI is InChI=1S/C20H21ClN2O4/c1-20(12-26-13-20)18(24)22-10-14-4-8-17(9-5-14)23-19(25)27-11-15-2-6-16(21)7-3-15/h2-9H,10-13H2,1H3,(H,22,24)(H,23,25). The lowest BCUT2D eigenvalue weighted by molar-refractivity contribution is -0.157. The van der Waals surface area contributed by atoms with Crippen LogP contribution in [0.2, 0.25) is 5.02 Å². The minimum atomic E-state index is -0.538. The van der Waals surface area contributed by atoms with Gasteiger partial charge >= 0.3 is 6.09 Å². The monoisotopic (exact) mass is 388 g/mol. The summed E-state index contributed by atoms with van der Waals surface area (Å²) in [5.41, 5.74) is 1.99. The molecule has 142 valence electrons. The van der Waals surface area contributed by atoms with Crippen LogP contribution in [0.3, 0.4) is 0 Å². The second-order valence-corrected chi connectivity index (χ2v) is 7.20. The van der Waals surface area contributed by atoms with Crippen LogP contribution in [0.1, 0.15) is 18.1 Å². The molecule has 1 heterocycles. The van der Waals surface area contributed by atoms with Crippen molar-refractivity contribution in [2.45, 2.75) is 20.1 Å². The molecule has 0 saturated carbocycles. The highest BCUT2D eigenvalue weighted by Gasteiger charge is 2.40. The molecule has 0 unspecified atom stereocenters. The fourth-order valence-electron chi connectivity index (χ4n) is 2.52. The molecule has 6 nitrogen and oxygen atoms in total. The summed E-state index contributed by atoms with van der Waals surface area (Å²) in [7, 11) is 0. The first-order chi connectivity index (χ1) is 12.9. The number of benzene rings is 2. The molecule has 3 rings (SSSR count). The van der Waals surface area contributed by atoms with Crippen LogP contribution in [0.25, 0.3) is 0 Å². The Morgan fingerprint density at radius 1 is 1.07 bits per heavy atom. The summed E-state index contributed by atoms with van der Waals surface area (Å²) in [5.74, 6) is -0.0123. The molecule has 0 atom stereocenters. The van der Waals surface area contributed by atoms with Crippen molar-refractivity contribution >= 4 is 29.3 Å². The van der Waals surface area contributed by atoms with E-state index in [1.807, 2.05) is 19.1 Å². The Balaban J connectivity index is 1.43. The number of halogens is 1. The van der Waals surface area contributed by atoms with Crippen molar-refractivity contribution in [3.05, 3.63) is 64.7 Å². The number of anilines is 1. The van der Waals surface area contributed by atoms with Crippen LogP contribution in [0, 0.1) is 5.41 Å². The average Bonchev–Trinajstić information content (AvgIpc) is 2.65. The fraction of sp³-hybridized carbons (Fsp3) is 0.300. The van der Waals surface area contributed by atoms with Gasteiger partial charge in [0.2, 0.25) is 5.91 Å². The first kappa shape index (κ1) is 19.2. The van der Waals surface area contributed by atoms with E-state index >= 15 is 0 Å². The number of carbonyl (C=O) groups is 2. The molecular formula is C20H21ClN2O4. The Labute approximate surface area is 162 Å². The molecule has 0 bridgehead atoms. The maximum Gasteiger partial charge on any atom is 0.411 e. The van der Waals surface area contributed by atoms with E-state index in [0.717, 1.165) is 11.1 Å². The minimum absolute atomic E-state index is 0.0123. The Morgan fingerprint density at radius 3 is 2.30 bits per heavy atom. The summed E-state index contributed by atoms with van der Waals surface area (Å²) in [6, 6.07) is 14.3. The lowest BCUT2D eigenvalue weighted by atomic mass is 9.87. The predicted octanol–water partition coefficient (Wildman–Crippen LogP) is 3.74. The van der Waals surface area contributed by atoms with Crippen molar-refractivity contribution in [2.24, 2.45) is 5.41 Å². The van der Waals surface area contributed by atoms with Crippen LogP contribution in [-0.2, 0) is 27.4 Å². The molecule has 1 fully saturated rings. The van der Waals surface area contributed by atoms with Gasteiger partial charge in [0.15, 0.2) is 0 Å². The molecule has 0 aliphatic carbocycles. The zero-order valence-electron chi connectivity index (χ0n) is 15.0. The number of carbonyl (C=O) groups excluding carboxylic acids is 2. The van der Waals surface area contributed by atoms with E-state index in [1.165, 1.54) is 0 Å². The zero-order valence-corrected chi connectivity index (χ0v) is 15.7. The number of hydrogen-bond acceptors (Lipinski definition) is 4. The van der Waals surface area contributed by atoms with Gasteiger partial charge in [0.05, 0.1) is 18.6 Å². The third kappa shape index (κ3) is 5.21. The normalized spacial score (nSPS) is 14.7. The van der Waals surface area contributed by atoms with Crippen molar-refractivity contribution in [3.63, 3.8) is 0 Å². The Hall–Kier alpha value is -2.57. The van der Waals surface area contributed by atoms with E-state index < -0.39 is 11.5 Å². The SMILES string of the molecule is CC1(C(=O)NCc2ccc(NC(=O)OCc3ccc(Cl)cc3)cc2)COC1. The molecule has 7 heteroatoms. The van der Waals surface area contributed by atoms with E-state index in [1.54, 1.807) is 36.4 Å². The Kier molecular flexibility index (Phi) is 5.98. The topological polar surface area (TPSA) is 76.7 Å². The molecule has 2 N–H and O–H groups in total. The van der Waals surface area contributed by atoms with E-state index in [4.69, 9.17) is 21.1 Å². The maximum absolute atomic E-state index is 12.1. The van der Waals surface area contributed by atoms with Crippen LogP contribution in [-0.4, -0.2) is 25.2 Å². The molecule has 0 spiro atoms. The number of nitrogens with one attached hydrogen (secondary N) is 2. The van der Waals surface area contributed by atoms with Gasteiger partial charge in [-0.1, -0.05) is 35.9 Å². The maximum atomic E-state index is 12.1. The molecule has 0 aromatic heterocycles. The largest absolute Gasteiger partial charge is 0.444 e. The fourth-order valence-corrected chi connectivity index (χ4v) is 2.65. The average molecular weight is 389 g/mol. The van der Waals surface area contributed by atoms with Crippen LogP contribution in [0.5, 0.6) is 0 Å². The molecule has 1 aliphatic rings. The van der Waals surface area contributed by atoms with E-state index in [0.29, 0.717) is 30.5 Å². The van der Waals surface area contributed by atoms with Gasteiger partial charge in [-0.25, -0.2) is 4.79 Å². The van der Waals surface area contributed by atoms with Gasteiger partial charge in [0.25, 0.3) is 0 Å². The molecule has 2 amide bonds. The Morgan fingerprint density at radius 2 is 1.70 bits per heavy atom. The van der Waals surface area contributed by atoms with Gasteiger partial charge in [-0.2, -0.15) is 0 Å². The number of amides is 2. The first-order valence-corrected chi connectivity index (χ1v) is 8.96. The van der Waals surface area contributed by atoms with Crippen LogP contribution in [0.15, 0.2) is 48.5 Å². The summed E-state index contributed by atoms with van der Waals surface area (Å²) in [6.45, 7) is 3.39. The van der Waals surface area contributed by atoms with Gasteiger partial charge in [-0.3, -0.25) is 10.1 Å². The predicted molar refractivity (Wildman–Crippen MR) is 102 cm³/mol. The number of hydrogen-bond donors (Lipinski definition) is 2. The lowest BCUT2D eigenvalue weighted by Crippen LogP contribution is -2.51. The summed E-state index contributed by atoms with van der Waals surface area (Å²) < 4.78 is 10.3. The number of ether oxygens (including phenoxy) is 2. The highest BCUT2D eigenvalue weighted by Crippen LogP contribution is 2.26. The van der Waals surface area contributed by atoms with Crippen molar-refractivity contribution in [1.82, 2.24) is 5.32 Å². The molecule has 2 aromatic rings. The third-order valence-corrected chi connectivity index (χ3v) is 4.58. The third-order valence-electron chi connectivity index (χ3n) is 4.33. The molecular weight excluding hydrogens is 368 g/mol. The van der Waals surface area contributed by atoms with Gasteiger partial charge in [0.1, 0.15) is 6.61 Å². The van der Waals surface area contributed by atoms with Gasteiger partial charge in [-0.15, -0.1) is 0 Å². The highest BCUT2D eigenvalue weighted by molar-refractivity contribution is 6.30. The van der Waals surface area contributed by atoms with E-state index in [-0.39, 0.29) is 12.5 Å². The van der Waals surface area contributed by atoms with Crippen LogP contribution in [0.4, 0.5) is 10.5 Å². The summed E-state index contributed by atoms with van der Waals surface area (Å²) >= 11 is 5.82. The zero-order chi connectivity index (χ0) is 19.3. The van der Waals surface area contributed by atoms with Crippen LogP contribution >= 0.6 is 11.6 Å². The Bertz CT molecular complexity index is 802. The van der Waals surface area contributed by atoms with Crippen molar-refractivity contribution < 1.29 is 19.1 Å². The van der Waals surface area contributed by atoms with Crippen molar-refractivity contribution in [2.75, 3.05) is 18.5 Å². The molecule has 0 radical (unpaired) electrons. The molecule has 27 heavy (non-hydrogen) atoms. The first-order valence-electron chi connectivity index (χ1n) is 8.58. The lowest BCUT2D eigenvalue weighted by Gasteiger charge is -2.36. The molecule has 2 aromatic carbocycles. The van der Waals surface area contributed by atoms with Crippen LogP contribution < -0.4 is 10.6 Å². The number of rotatable bonds is 6. The summed E-state index contributed by atoms with van der Waals surface area (Å²) in [6.07, 6.45) is -0.538. The highest BCUT2D eigenvalue weighted by atomic mass is 35.5. The summed E-state index contributed by atoms with van der Waals surface area (Å²) in [4.78, 5) is 23.9. The molecule has 1 aliphatic heterocycles.